The molecule has 0 bridgehead atoms. The van der Waals surface area contributed by atoms with E-state index in [0.29, 0.717) is 19.6 Å². The highest BCUT2D eigenvalue weighted by atomic mass is 32.1. The number of rotatable bonds is 13. The van der Waals surface area contributed by atoms with Crippen LogP contribution < -0.4 is 0 Å². The molecule has 0 aliphatic heterocycles. The molecule has 1 aromatic heterocycles. The summed E-state index contributed by atoms with van der Waals surface area (Å²) >= 11 is 1.64. The zero-order valence-corrected chi connectivity index (χ0v) is 19.1. The number of nitrogens with zero attached hydrogens (tertiary/aromatic N) is 2. The second kappa shape index (κ2) is 13.0. The van der Waals surface area contributed by atoms with E-state index in [9.17, 15) is 9.59 Å². The van der Waals surface area contributed by atoms with Crippen LogP contribution in [0, 0.1) is 5.92 Å². The van der Waals surface area contributed by atoms with Crippen LogP contribution in [0.2, 0.25) is 0 Å². The molecular formula is C25H34N2O2S. The topological polar surface area (TPSA) is 40.6 Å². The smallest absolute Gasteiger partial charge is 0.242 e. The highest BCUT2D eigenvalue weighted by Gasteiger charge is 2.26. The average molecular weight is 427 g/mol. The number of carbonyl (C=O) groups excluding carboxylic acids is 2. The van der Waals surface area contributed by atoms with Crippen LogP contribution in [0.5, 0.6) is 0 Å². The first-order valence-electron chi connectivity index (χ1n) is 10.8. The van der Waals surface area contributed by atoms with Crippen LogP contribution in [0.15, 0.2) is 60.5 Å². The first kappa shape index (κ1) is 23.9. The zero-order chi connectivity index (χ0) is 21.8. The van der Waals surface area contributed by atoms with Gasteiger partial charge in [0.1, 0.15) is 6.54 Å². The molecule has 2 amide bonds. The minimum atomic E-state index is -0.0344. The van der Waals surface area contributed by atoms with Gasteiger partial charge in [-0.15, -0.1) is 17.9 Å². The van der Waals surface area contributed by atoms with E-state index in [4.69, 9.17) is 0 Å². The molecule has 0 spiro atoms. The van der Waals surface area contributed by atoms with E-state index in [2.05, 4.69) is 13.5 Å². The molecule has 1 atom stereocenters. The summed E-state index contributed by atoms with van der Waals surface area (Å²) in [4.78, 5) is 31.1. The molecule has 162 valence electrons. The standard InChI is InChI=1S/C25H34N2O2S/c1-4-7-14-22(6-3)25(29)26(16-5-2)20-24(28)27(19-23-15-11-17-30-23)18-21-12-9-8-10-13-21/h5,8-13,15,17,22H,2,4,6-7,14,16,18-20H2,1,3H3/t22-/m1/s1. The summed E-state index contributed by atoms with van der Waals surface area (Å²) in [6.07, 6.45) is 5.47. The second-order valence-electron chi connectivity index (χ2n) is 7.57. The van der Waals surface area contributed by atoms with Crippen molar-refractivity contribution in [2.45, 2.75) is 52.6 Å². The van der Waals surface area contributed by atoms with Crippen molar-refractivity contribution < 1.29 is 9.59 Å². The third kappa shape index (κ3) is 7.45. The maximum Gasteiger partial charge on any atom is 0.242 e. The van der Waals surface area contributed by atoms with E-state index in [-0.39, 0.29) is 24.3 Å². The summed E-state index contributed by atoms with van der Waals surface area (Å²) in [5, 5.41) is 2.02. The van der Waals surface area contributed by atoms with Crippen molar-refractivity contribution in [1.29, 1.82) is 0 Å². The summed E-state index contributed by atoms with van der Waals surface area (Å²) in [7, 11) is 0. The summed E-state index contributed by atoms with van der Waals surface area (Å²) in [5.41, 5.74) is 1.08. The molecule has 0 aliphatic rings. The lowest BCUT2D eigenvalue weighted by molar-refractivity contribution is -0.143. The molecule has 1 aromatic carbocycles. The Hall–Kier alpha value is -2.40. The molecule has 4 nitrogen and oxygen atoms in total. The second-order valence-corrected chi connectivity index (χ2v) is 8.60. The Bertz CT molecular complexity index is 774. The molecule has 1 heterocycles. The summed E-state index contributed by atoms with van der Waals surface area (Å²) < 4.78 is 0. The molecule has 0 saturated carbocycles. The third-order valence-corrected chi connectivity index (χ3v) is 6.09. The fraction of sp³-hybridized carbons (Fsp3) is 0.440. The van der Waals surface area contributed by atoms with Gasteiger partial charge in [-0.05, 0) is 29.9 Å². The van der Waals surface area contributed by atoms with Crippen LogP contribution in [0.4, 0.5) is 0 Å². The number of benzene rings is 1. The Morgan fingerprint density at radius 3 is 2.43 bits per heavy atom. The Morgan fingerprint density at radius 1 is 1.07 bits per heavy atom. The largest absolute Gasteiger partial charge is 0.332 e. The van der Waals surface area contributed by atoms with Gasteiger partial charge >= 0.3 is 0 Å². The van der Waals surface area contributed by atoms with E-state index >= 15 is 0 Å². The van der Waals surface area contributed by atoms with Gasteiger partial charge in [0.25, 0.3) is 0 Å². The van der Waals surface area contributed by atoms with Crippen molar-refractivity contribution in [2.75, 3.05) is 13.1 Å². The van der Waals surface area contributed by atoms with E-state index in [1.165, 1.54) is 0 Å². The van der Waals surface area contributed by atoms with E-state index in [1.807, 2.05) is 59.7 Å². The van der Waals surface area contributed by atoms with Gasteiger partial charge in [0.2, 0.25) is 11.8 Å². The minimum absolute atomic E-state index is 0.0300. The van der Waals surface area contributed by atoms with Gasteiger partial charge in [-0.1, -0.05) is 69.2 Å². The monoisotopic (exact) mass is 426 g/mol. The molecule has 0 saturated heterocycles. The van der Waals surface area contributed by atoms with E-state index < -0.39 is 0 Å². The fourth-order valence-corrected chi connectivity index (χ4v) is 4.21. The molecule has 0 radical (unpaired) electrons. The van der Waals surface area contributed by atoms with Crippen molar-refractivity contribution in [3.63, 3.8) is 0 Å². The molecule has 0 unspecified atom stereocenters. The average Bonchev–Trinajstić information content (AvgIpc) is 3.27. The third-order valence-electron chi connectivity index (χ3n) is 5.23. The summed E-state index contributed by atoms with van der Waals surface area (Å²) in [5.74, 6) is 0.000326. The first-order chi connectivity index (χ1) is 14.6. The van der Waals surface area contributed by atoms with Gasteiger partial charge in [0.15, 0.2) is 0 Å². The molecule has 0 aliphatic carbocycles. The maximum atomic E-state index is 13.3. The predicted octanol–water partition coefficient (Wildman–Crippen LogP) is 5.51. The summed E-state index contributed by atoms with van der Waals surface area (Å²) in [6, 6.07) is 14.0. The molecular weight excluding hydrogens is 392 g/mol. The number of amides is 2. The number of carbonyl (C=O) groups is 2. The summed E-state index contributed by atoms with van der Waals surface area (Å²) in [6.45, 7) is 9.54. The molecule has 30 heavy (non-hydrogen) atoms. The number of thiophene rings is 1. The van der Waals surface area contributed by atoms with Crippen molar-refractivity contribution in [1.82, 2.24) is 9.80 Å². The van der Waals surface area contributed by atoms with Gasteiger partial charge in [0, 0.05) is 23.9 Å². The van der Waals surface area contributed by atoms with E-state index in [0.717, 1.165) is 36.1 Å². The SMILES string of the molecule is C=CCN(CC(=O)N(Cc1ccccc1)Cc1cccs1)C(=O)[C@H](CC)CCCC. The van der Waals surface area contributed by atoms with Crippen molar-refractivity contribution in [2.24, 2.45) is 5.92 Å². The van der Waals surface area contributed by atoms with Gasteiger partial charge in [-0.3, -0.25) is 9.59 Å². The van der Waals surface area contributed by atoms with Crippen molar-refractivity contribution in [3.8, 4) is 0 Å². The quantitative estimate of drug-likeness (QED) is 0.396. The van der Waals surface area contributed by atoms with Crippen LogP contribution in [0.3, 0.4) is 0 Å². The molecule has 2 rings (SSSR count). The van der Waals surface area contributed by atoms with Crippen LogP contribution in [-0.2, 0) is 22.7 Å². The Labute approximate surface area is 185 Å². The lowest BCUT2D eigenvalue weighted by atomic mass is 9.97. The molecule has 0 N–H and O–H groups in total. The highest BCUT2D eigenvalue weighted by Crippen LogP contribution is 2.18. The predicted molar refractivity (Wildman–Crippen MR) is 125 cm³/mol. The van der Waals surface area contributed by atoms with Gasteiger partial charge in [-0.25, -0.2) is 0 Å². The van der Waals surface area contributed by atoms with E-state index in [1.54, 1.807) is 22.3 Å². The van der Waals surface area contributed by atoms with Crippen molar-refractivity contribution in [3.05, 3.63) is 70.9 Å². The minimum Gasteiger partial charge on any atom is -0.332 e. The van der Waals surface area contributed by atoms with Crippen LogP contribution in [-0.4, -0.2) is 34.7 Å². The number of hydrogen-bond donors (Lipinski definition) is 0. The lowest BCUT2D eigenvalue weighted by Gasteiger charge is -2.29. The molecule has 0 fully saturated rings. The van der Waals surface area contributed by atoms with Crippen LogP contribution >= 0.6 is 11.3 Å². The van der Waals surface area contributed by atoms with Gasteiger partial charge in [-0.2, -0.15) is 0 Å². The Balaban J connectivity index is 2.14. The molecule has 5 heteroatoms. The number of hydrogen-bond acceptors (Lipinski definition) is 3. The maximum absolute atomic E-state index is 13.3. The fourth-order valence-electron chi connectivity index (χ4n) is 3.49. The van der Waals surface area contributed by atoms with Gasteiger partial charge < -0.3 is 9.80 Å². The lowest BCUT2D eigenvalue weighted by Crippen LogP contribution is -2.44. The molecule has 2 aromatic rings. The van der Waals surface area contributed by atoms with Crippen molar-refractivity contribution >= 4 is 23.2 Å². The number of unbranched alkanes of at least 4 members (excludes halogenated alkanes) is 1. The van der Waals surface area contributed by atoms with Crippen LogP contribution in [0.1, 0.15) is 50.0 Å². The van der Waals surface area contributed by atoms with Gasteiger partial charge in [0.05, 0.1) is 6.54 Å². The highest BCUT2D eigenvalue weighted by molar-refractivity contribution is 7.09. The Morgan fingerprint density at radius 2 is 1.83 bits per heavy atom. The Kier molecular flexibility index (Phi) is 10.4. The normalized spacial score (nSPS) is 11.7. The first-order valence-corrected chi connectivity index (χ1v) is 11.7. The zero-order valence-electron chi connectivity index (χ0n) is 18.3. The van der Waals surface area contributed by atoms with Crippen LogP contribution in [0.25, 0.3) is 0 Å².